The Hall–Kier alpha value is -1.22. The summed E-state index contributed by atoms with van der Waals surface area (Å²) in [7, 11) is 1.69. The summed E-state index contributed by atoms with van der Waals surface area (Å²) in [6, 6.07) is 6.08. The second kappa shape index (κ2) is 8.28. The van der Waals surface area contributed by atoms with Crippen molar-refractivity contribution in [1.82, 2.24) is 5.32 Å². The molecule has 0 heterocycles. The monoisotopic (exact) mass is 293 g/mol. The van der Waals surface area contributed by atoms with Gasteiger partial charge in [-0.25, -0.2) is 0 Å². The zero-order valence-electron chi connectivity index (χ0n) is 14.5. The first kappa shape index (κ1) is 17.8. The minimum atomic E-state index is 0.0791. The van der Waals surface area contributed by atoms with Gasteiger partial charge in [-0.2, -0.15) is 0 Å². The van der Waals surface area contributed by atoms with E-state index in [0.29, 0.717) is 5.92 Å². The molecule has 0 aliphatic heterocycles. The van der Waals surface area contributed by atoms with Crippen LogP contribution >= 0.6 is 0 Å². The molecule has 0 saturated heterocycles. The number of hydrogen-bond acceptors (Lipinski definition) is 3. The summed E-state index contributed by atoms with van der Waals surface area (Å²) in [5.41, 5.74) is 1.23. The first-order chi connectivity index (χ1) is 9.91. The number of hydrogen-bond donors (Lipinski definition) is 1. The van der Waals surface area contributed by atoms with Gasteiger partial charge in [0.05, 0.1) is 13.7 Å². The van der Waals surface area contributed by atoms with E-state index in [2.05, 4.69) is 46.0 Å². The zero-order chi connectivity index (χ0) is 15.9. The van der Waals surface area contributed by atoms with Crippen LogP contribution in [0.2, 0.25) is 0 Å². The number of ether oxygens (including phenoxy) is 2. The molecule has 0 aliphatic carbocycles. The summed E-state index contributed by atoms with van der Waals surface area (Å²) in [6.45, 7) is 12.4. The van der Waals surface area contributed by atoms with Gasteiger partial charge in [-0.1, -0.05) is 38.8 Å². The van der Waals surface area contributed by atoms with Crippen LogP contribution in [0.5, 0.6) is 11.5 Å². The Morgan fingerprint density at radius 1 is 1.14 bits per heavy atom. The van der Waals surface area contributed by atoms with E-state index < -0.39 is 0 Å². The van der Waals surface area contributed by atoms with Crippen LogP contribution < -0.4 is 14.8 Å². The van der Waals surface area contributed by atoms with E-state index in [1.165, 1.54) is 0 Å². The molecule has 0 aromatic heterocycles. The average molecular weight is 293 g/mol. The fourth-order valence-electron chi connectivity index (χ4n) is 2.11. The lowest BCUT2D eigenvalue weighted by Crippen LogP contribution is -2.35. The molecular formula is C18H31NO2. The van der Waals surface area contributed by atoms with Crippen molar-refractivity contribution in [2.75, 3.05) is 13.7 Å². The third-order valence-corrected chi connectivity index (χ3v) is 3.71. The maximum Gasteiger partial charge on any atom is 0.165 e. The molecule has 0 atom stereocenters. The van der Waals surface area contributed by atoms with E-state index in [0.717, 1.165) is 43.1 Å². The van der Waals surface area contributed by atoms with Gasteiger partial charge in [-0.15, -0.1) is 0 Å². The fraction of sp³-hybridized carbons (Fsp3) is 0.667. The molecule has 0 bridgehead atoms. The van der Waals surface area contributed by atoms with Gasteiger partial charge in [0.1, 0.15) is 0 Å². The summed E-state index contributed by atoms with van der Waals surface area (Å²) in [6.07, 6.45) is 2.28. The van der Waals surface area contributed by atoms with Crippen molar-refractivity contribution in [3.8, 4) is 11.5 Å². The van der Waals surface area contributed by atoms with Crippen LogP contribution in [0.1, 0.15) is 53.0 Å². The van der Waals surface area contributed by atoms with Crippen molar-refractivity contribution in [1.29, 1.82) is 0 Å². The number of benzene rings is 1. The van der Waals surface area contributed by atoms with Crippen molar-refractivity contribution in [3.05, 3.63) is 23.8 Å². The predicted octanol–water partition coefficient (Wildman–Crippen LogP) is 4.40. The molecule has 120 valence electrons. The van der Waals surface area contributed by atoms with Crippen molar-refractivity contribution >= 4 is 0 Å². The van der Waals surface area contributed by atoms with E-state index in [1.807, 2.05) is 12.1 Å². The molecule has 0 radical (unpaired) electrons. The largest absolute Gasteiger partial charge is 0.493 e. The van der Waals surface area contributed by atoms with E-state index in [4.69, 9.17) is 9.47 Å². The van der Waals surface area contributed by atoms with Crippen LogP contribution in [0.15, 0.2) is 18.2 Å². The quantitative estimate of drug-likeness (QED) is 0.770. The second-order valence-corrected chi connectivity index (χ2v) is 6.55. The van der Waals surface area contributed by atoms with Gasteiger partial charge in [-0.3, -0.25) is 0 Å². The van der Waals surface area contributed by atoms with Crippen LogP contribution in [-0.2, 0) is 6.54 Å². The van der Waals surface area contributed by atoms with E-state index in [9.17, 15) is 0 Å². The fourth-order valence-corrected chi connectivity index (χ4v) is 2.11. The average Bonchev–Trinajstić information content (AvgIpc) is 2.45. The molecule has 3 nitrogen and oxygen atoms in total. The SMILES string of the molecule is CCC(CC)COc1c(CNC(C)(C)C)cccc1OC. The first-order valence-corrected chi connectivity index (χ1v) is 7.95. The van der Waals surface area contributed by atoms with Crippen LogP contribution in [0, 0.1) is 5.92 Å². The van der Waals surface area contributed by atoms with Crippen molar-refractivity contribution in [3.63, 3.8) is 0 Å². The summed E-state index contributed by atoms with van der Waals surface area (Å²) in [5.74, 6) is 2.29. The Bertz CT molecular complexity index is 420. The van der Waals surface area contributed by atoms with E-state index in [-0.39, 0.29) is 5.54 Å². The van der Waals surface area contributed by atoms with Crippen LogP contribution in [-0.4, -0.2) is 19.3 Å². The Kier molecular flexibility index (Phi) is 7.03. The summed E-state index contributed by atoms with van der Waals surface area (Å²) in [5, 5.41) is 3.51. The minimum Gasteiger partial charge on any atom is -0.493 e. The van der Waals surface area contributed by atoms with Gasteiger partial charge in [0.2, 0.25) is 0 Å². The lowest BCUT2D eigenvalue weighted by Gasteiger charge is -2.23. The molecule has 21 heavy (non-hydrogen) atoms. The maximum absolute atomic E-state index is 6.10. The second-order valence-electron chi connectivity index (χ2n) is 6.55. The molecule has 0 amide bonds. The number of rotatable bonds is 8. The third-order valence-electron chi connectivity index (χ3n) is 3.71. The molecule has 1 aromatic carbocycles. The molecule has 0 spiro atoms. The van der Waals surface area contributed by atoms with Crippen molar-refractivity contribution in [2.24, 2.45) is 5.92 Å². The van der Waals surface area contributed by atoms with Crippen LogP contribution in [0.25, 0.3) is 0 Å². The van der Waals surface area contributed by atoms with Gasteiger partial charge in [0.25, 0.3) is 0 Å². The van der Waals surface area contributed by atoms with E-state index >= 15 is 0 Å². The van der Waals surface area contributed by atoms with Gasteiger partial charge < -0.3 is 14.8 Å². The van der Waals surface area contributed by atoms with Gasteiger partial charge in [-0.05, 0) is 32.8 Å². The lowest BCUT2D eigenvalue weighted by molar-refractivity contribution is 0.227. The maximum atomic E-state index is 6.10. The Morgan fingerprint density at radius 2 is 1.81 bits per heavy atom. The highest BCUT2D eigenvalue weighted by atomic mass is 16.5. The molecule has 3 heteroatoms. The van der Waals surface area contributed by atoms with Gasteiger partial charge in [0.15, 0.2) is 11.5 Å². The Morgan fingerprint density at radius 3 is 2.33 bits per heavy atom. The molecule has 1 aromatic rings. The molecule has 0 aliphatic rings. The molecule has 1 rings (SSSR count). The predicted molar refractivity (Wildman–Crippen MR) is 89.2 cm³/mol. The molecule has 0 fully saturated rings. The smallest absolute Gasteiger partial charge is 0.165 e. The summed E-state index contributed by atoms with van der Waals surface area (Å²) in [4.78, 5) is 0. The molecule has 0 unspecified atom stereocenters. The number of methoxy groups -OCH3 is 1. The molecule has 1 N–H and O–H groups in total. The standard InChI is InChI=1S/C18H31NO2/c1-7-14(8-2)13-21-17-15(12-19-18(3,4)5)10-9-11-16(17)20-6/h9-11,14,19H,7-8,12-13H2,1-6H3. The Labute approximate surface area is 130 Å². The van der Waals surface area contributed by atoms with Crippen molar-refractivity contribution in [2.45, 2.75) is 59.5 Å². The molecule has 0 saturated carbocycles. The van der Waals surface area contributed by atoms with Gasteiger partial charge >= 0.3 is 0 Å². The first-order valence-electron chi connectivity index (χ1n) is 7.95. The highest BCUT2D eigenvalue weighted by Gasteiger charge is 2.15. The zero-order valence-corrected chi connectivity index (χ0v) is 14.5. The normalized spacial score (nSPS) is 11.8. The van der Waals surface area contributed by atoms with E-state index in [1.54, 1.807) is 7.11 Å². The minimum absolute atomic E-state index is 0.0791. The van der Waals surface area contributed by atoms with Gasteiger partial charge in [0, 0.05) is 17.6 Å². The number of para-hydroxylation sites is 1. The summed E-state index contributed by atoms with van der Waals surface area (Å²) < 4.78 is 11.6. The van der Waals surface area contributed by atoms with Crippen molar-refractivity contribution < 1.29 is 9.47 Å². The Balaban J connectivity index is 2.87. The van der Waals surface area contributed by atoms with Crippen LogP contribution in [0.3, 0.4) is 0 Å². The lowest BCUT2D eigenvalue weighted by atomic mass is 10.1. The topological polar surface area (TPSA) is 30.5 Å². The number of nitrogens with one attached hydrogen (secondary N) is 1. The molecular weight excluding hydrogens is 262 g/mol. The third kappa shape index (κ3) is 5.96. The highest BCUT2D eigenvalue weighted by Crippen LogP contribution is 2.32. The highest BCUT2D eigenvalue weighted by molar-refractivity contribution is 5.46. The summed E-state index contributed by atoms with van der Waals surface area (Å²) >= 11 is 0. The van der Waals surface area contributed by atoms with Crippen LogP contribution in [0.4, 0.5) is 0 Å².